The molecule has 10 nitrogen and oxygen atoms in total. The van der Waals surface area contributed by atoms with E-state index in [2.05, 4.69) is 25.9 Å². The van der Waals surface area contributed by atoms with E-state index in [0.29, 0.717) is 41.6 Å². The van der Waals surface area contributed by atoms with Crippen molar-refractivity contribution in [2.45, 2.75) is 76.4 Å². The van der Waals surface area contributed by atoms with E-state index in [4.69, 9.17) is 16.3 Å². The van der Waals surface area contributed by atoms with E-state index in [1.807, 2.05) is 0 Å². The van der Waals surface area contributed by atoms with E-state index in [-0.39, 0.29) is 53.8 Å². The van der Waals surface area contributed by atoms with Gasteiger partial charge in [0.15, 0.2) is 11.6 Å². The van der Waals surface area contributed by atoms with Crippen molar-refractivity contribution >= 4 is 64.0 Å². The number of Topliss-reactive ketones (excluding diaryl/α,β-unsaturated/α-hetero) is 1. The monoisotopic (exact) mass is 692 g/mol. The van der Waals surface area contributed by atoms with Gasteiger partial charge in [-0.05, 0) is 63.8 Å². The molecule has 3 aromatic rings. The summed E-state index contributed by atoms with van der Waals surface area (Å²) >= 11 is 5.77. The highest BCUT2D eigenvalue weighted by atomic mass is 35.5. The molecule has 2 amide bonds. The number of carbonyl (C=O) groups excluding carboxylic acids is 3. The van der Waals surface area contributed by atoms with Crippen molar-refractivity contribution in [3.63, 3.8) is 0 Å². The minimum absolute atomic E-state index is 0. The molecule has 0 unspecified atom stereocenters. The fourth-order valence-corrected chi connectivity index (χ4v) is 6.58. The van der Waals surface area contributed by atoms with Crippen LogP contribution in [0.5, 0.6) is 5.75 Å². The van der Waals surface area contributed by atoms with Gasteiger partial charge >= 0.3 is 0 Å². The highest BCUT2D eigenvalue weighted by Gasteiger charge is 2.41. The first-order chi connectivity index (χ1) is 22.1. The second-order valence-electron chi connectivity index (χ2n) is 12.0. The molecule has 5 rings (SSSR count). The van der Waals surface area contributed by atoms with Crippen molar-refractivity contribution in [1.29, 1.82) is 0 Å². The Morgan fingerprint density at radius 3 is 2.53 bits per heavy atom. The molecule has 2 heterocycles. The lowest BCUT2D eigenvalue weighted by molar-refractivity contribution is -0.142. The summed E-state index contributed by atoms with van der Waals surface area (Å²) in [6.07, 6.45) is 7.22. The second kappa shape index (κ2) is 16.0. The molecule has 1 saturated carbocycles. The van der Waals surface area contributed by atoms with Crippen molar-refractivity contribution in [1.82, 2.24) is 25.5 Å². The summed E-state index contributed by atoms with van der Waals surface area (Å²) in [6.45, 7) is 2.17. The SMILES string of the molecule is CN[C@@H](C)C(=O)N[C@H](C(=O)N1CCC[C@H]1C(=O)Cc1cc2c(Nc3ccc(F)c(Cl)c3F)ncnc2cc1OC)C1CCCCC1.Cl. The van der Waals surface area contributed by atoms with Crippen LogP contribution in [0.3, 0.4) is 0 Å². The van der Waals surface area contributed by atoms with Gasteiger partial charge in [-0.1, -0.05) is 30.9 Å². The number of anilines is 2. The van der Waals surface area contributed by atoms with Crippen LogP contribution in [0.25, 0.3) is 10.9 Å². The molecule has 1 aliphatic carbocycles. The molecule has 2 aromatic carbocycles. The van der Waals surface area contributed by atoms with E-state index in [0.717, 1.165) is 38.2 Å². The largest absolute Gasteiger partial charge is 0.496 e. The number of hydrogen-bond acceptors (Lipinski definition) is 8. The van der Waals surface area contributed by atoms with Crippen LogP contribution in [0.1, 0.15) is 57.4 Å². The Kier molecular flexibility index (Phi) is 12.3. The van der Waals surface area contributed by atoms with Crippen LogP contribution in [0.4, 0.5) is 20.3 Å². The zero-order chi connectivity index (χ0) is 33.0. The number of halogens is 4. The van der Waals surface area contributed by atoms with Gasteiger partial charge in [0, 0.05) is 30.0 Å². The molecule has 1 aliphatic heterocycles. The number of ketones is 1. The summed E-state index contributed by atoms with van der Waals surface area (Å²) in [5, 5.41) is 8.61. The van der Waals surface area contributed by atoms with Gasteiger partial charge in [0.25, 0.3) is 0 Å². The van der Waals surface area contributed by atoms with Crippen LogP contribution in [0.2, 0.25) is 5.02 Å². The van der Waals surface area contributed by atoms with Gasteiger partial charge < -0.3 is 25.6 Å². The fraction of sp³-hybridized carbons (Fsp3) is 0.485. The summed E-state index contributed by atoms with van der Waals surface area (Å²) in [4.78, 5) is 51.0. The number of carbonyl (C=O) groups is 3. The van der Waals surface area contributed by atoms with Crippen LogP contribution in [-0.4, -0.2) is 71.3 Å². The third-order valence-electron chi connectivity index (χ3n) is 9.11. The number of amides is 2. The maximum absolute atomic E-state index is 14.7. The molecule has 14 heteroatoms. The maximum Gasteiger partial charge on any atom is 0.246 e. The summed E-state index contributed by atoms with van der Waals surface area (Å²) in [7, 11) is 3.18. The fourth-order valence-electron chi connectivity index (χ4n) is 6.41. The quantitative estimate of drug-likeness (QED) is 0.225. The Morgan fingerprint density at radius 2 is 1.83 bits per heavy atom. The molecule has 1 saturated heterocycles. The van der Waals surface area contributed by atoms with Crippen molar-refractivity contribution < 1.29 is 27.9 Å². The lowest BCUT2D eigenvalue weighted by atomic mass is 9.83. The number of ether oxygens (including phenoxy) is 1. The highest BCUT2D eigenvalue weighted by Crippen LogP contribution is 2.34. The predicted molar refractivity (Wildman–Crippen MR) is 178 cm³/mol. The van der Waals surface area contributed by atoms with Gasteiger partial charge in [-0.3, -0.25) is 14.4 Å². The minimum Gasteiger partial charge on any atom is -0.496 e. The van der Waals surface area contributed by atoms with Crippen LogP contribution >= 0.6 is 24.0 Å². The first-order valence-corrected chi connectivity index (χ1v) is 16.0. The molecule has 2 fully saturated rings. The summed E-state index contributed by atoms with van der Waals surface area (Å²) < 4.78 is 34.0. The zero-order valence-electron chi connectivity index (χ0n) is 26.6. The van der Waals surface area contributed by atoms with E-state index >= 15 is 0 Å². The number of hydrogen-bond donors (Lipinski definition) is 3. The van der Waals surface area contributed by atoms with Crippen molar-refractivity contribution in [3.8, 4) is 5.75 Å². The average molecular weight is 694 g/mol. The average Bonchev–Trinajstić information content (AvgIpc) is 3.57. The number of methoxy groups -OCH3 is 1. The van der Waals surface area contributed by atoms with E-state index in [1.54, 1.807) is 31.0 Å². The summed E-state index contributed by atoms with van der Waals surface area (Å²) in [6, 6.07) is 3.81. The Labute approximate surface area is 283 Å². The molecule has 47 heavy (non-hydrogen) atoms. The van der Waals surface area contributed by atoms with Gasteiger partial charge in [-0.2, -0.15) is 0 Å². The van der Waals surface area contributed by atoms with Crippen molar-refractivity contribution in [3.05, 3.63) is 52.8 Å². The number of nitrogens with one attached hydrogen (secondary N) is 3. The van der Waals surface area contributed by atoms with Crippen molar-refractivity contribution in [2.24, 2.45) is 5.92 Å². The lowest BCUT2D eigenvalue weighted by Gasteiger charge is -2.35. The Bertz CT molecular complexity index is 1620. The number of benzene rings is 2. The lowest BCUT2D eigenvalue weighted by Crippen LogP contribution is -2.57. The normalized spacial score (nSPS) is 17.9. The predicted octanol–water partition coefficient (Wildman–Crippen LogP) is 5.51. The molecule has 254 valence electrons. The van der Waals surface area contributed by atoms with Gasteiger partial charge in [-0.25, -0.2) is 18.7 Å². The Balaban J connectivity index is 0.00000500. The van der Waals surface area contributed by atoms with Gasteiger partial charge in [0.1, 0.15) is 34.8 Å². The Morgan fingerprint density at radius 1 is 1.09 bits per heavy atom. The van der Waals surface area contributed by atoms with Crippen molar-refractivity contribution in [2.75, 3.05) is 26.0 Å². The molecule has 2 aliphatic rings. The third kappa shape index (κ3) is 7.93. The second-order valence-corrected chi connectivity index (χ2v) is 12.4. The van der Waals surface area contributed by atoms with E-state index in [9.17, 15) is 23.2 Å². The number of nitrogens with zero attached hydrogens (tertiary/aromatic N) is 3. The first-order valence-electron chi connectivity index (χ1n) is 15.7. The standard InChI is InChI=1S/C33H39ClF2N6O4.ClH/c1-18(37-2)32(44)41-30(19-8-5-4-6-9-19)33(45)42-13-7-10-25(42)26(43)15-20-14-21-24(16-27(20)46-3)38-17-39-31(21)40-23-12-11-22(35)28(34)29(23)36;/h11-12,14,16-19,25,30,37H,4-10,13,15H2,1-3H3,(H,41,44)(H,38,39,40);1H/t18-,25-,30-;/m0./s1. The van der Waals surface area contributed by atoms with Gasteiger partial charge in [0.2, 0.25) is 11.8 Å². The van der Waals surface area contributed by atoms with E-state index < -0.39 is 34.8 Å². The number of aromatic nitrogens is 2. The van der Waals surface area contributed by atoms with E-state index in [1.165, 1.54) is 19.5 Å². The number of likely N-dealkylation sites (tertiary alicyclic amines) is 1. The zero-order valence-corrected chi connectivity index (χ0v) is 28.1. The van der Waals surface area contributed by atoms with Crippen LogP contribution in [0.15, 0.2) is 30.6 Å². The molecule has 0 bridgehead atoms. The molecule has 0 spiro atoms. The van der Waals surface area contributed by atoms with Crippen LogP contribution in [0, 0.1) is 17.6 Å². The third-order valence-corrected chi connectivity index (χ3v) is 9.46. The van der Waals surface area contributed by atoms with Gasteiger partial charge in [-0.15, -0.1) is 12.4 Å². The van der Waals surface area contributed by atoms with Crippen LogP contribution < -0.4 is 20.7 Å². The number of likely N-dealkylation sites (N-methyl/N-ethyl adjacent to an activating group) is 1. The summed E-state index contributed by atoms with van der Waals surface area (Å²) in [5.74, 6) is -1.82. The van der Waals surface area contributed by atoms with Crippen LogP contribution in [-0.2, 0) is 20.8 Å². The minimum atomic E-state index is -0.966. The topological polar surface area (TPSA) is 126 Å². The molecule has 1 aromatic heterocycles. The Hall–Kier alpha value is -3.61. The smallest absolute Gasteiger partial charge is 0.246 e. The molecule has 3 N–H and O–H groups in total. The molecular formula is C33H40Cl2F2N6O4. The first kappa shape index (κ1) is 36.2. The molecule has 3 atom stereocenters. The molecular weight excluding hydrogens is 653 g/mol. The number of rotatable bonds is 11. The summed E-state index contributed by atoms with van der Waals surface area (Å²) in [5.41, 5.74) is 0.928. The molecule has 0 radical (unpaired) electrons. The highest BCUT2D eigenvalue weighted by molar-refractivity contribution is 6.31. The number of fused-ring (bicyclic) bond motifs is 1. The van der Waals surface area contributed by atoms with Gasteiger partial charge in [0.05, 0.1) is 30.4 Å². The maximum atomic E-state index is 14.7.